The number of hydrogen-bond donors (Lipinski definition) is 0. The first kappa shape index (κ1) is 16.1. The van der Waals surface area contributed by atoms with Gasteiger partial charge in [-0.3, -0.25) is 9.88 Å². The molecular formula is C19H21FN2OS. The van der Waals surface area contributed by atoms with E-state index in [1.807, 2.05) is 36.2 Å². The SMILES string of the molecule is Fc1ccc(CN2CC3(C[C@H](OCc4cccnc4)CS3)C2)cc1. The molecule has 0 saturated carbocycles. The molecule has 5 heteroatoms. The van der Waals surface area contributed by atoms with Crippen molar-refractivity contribution in [3.63, 3.8) is 0 Å². The number of benzene rings is 1. The normalized spacial score (nSPS) is 22.6. The second-order valence-corrected chi connectivity index (χ2v) is 8.25. The number of rotatable bonds is 5. The molecule has 1 spiro atoms. The van der Waals surface area contributed by atoms with E-state index >= 15 is 0 Å². The van der Waals surface area contributed by atoms with Gasteiger partial charge in [0.15, 0.2) is 0 Å². The van der Waals surface area contributed by atoms with Crippen molar-refractivity contribution >= 4 is 11.8 Å². The number of hydrogen-bond acceptors (Lipinski definition) is 4. The Morgan fingerprint density at radius 2 is 2.04 bits per heavy atom. The van der Waals surface area contributed by atoms with E-state index in [9.17, 15) is 4.39 Å². The Balaban J connectivity index is 1.23. The van der Waals surface area contributed by atoms with Crippen LogP contribution in [0.2, 0.25) is 0 Å². The molecule has 2 aliphatic rings. The molecule has 1 aromatic carbocycles. The van der Waals surface area contributed by atoms with Crippen LogP contribution >= 0.6 is 11.8 Å². The predicted octanol–water partition coefficient (Wildman–Crippen LogP) is 3.50. The number of halogens is 1. The Morgan fingerprint density at radius 1 is 1.21 bits per heavy atom. The largest absolute Gasteiger partial charge is 0.373 e. The molecule has 0 aliphatic carbocycles. The number of ether oxygens (including phenoxy) is 1. The number of nitrogens with zero attached hydrogens (tertiary/aromatic N) is 2. The van der Waals surface area contributed by atoms with E-state index in [1.54, 1.807) is 6.20 Å². The van der Waals surface area contributed by atoms with Crippen molar-refractivity contribution < 1.29 is 9.13 Å². The lowest BCUT2D eigenvalue weighted by atomic mass is 9.92. The summed E-state index contributed by atoms with van der Waals surface area (Å²) in [4.78, 5) is 6.56. The first-order chi connectivity index (χ1) is 11.7. The number of pyridine rings is 1. The summed E-state index contributed by atoms with van der Waals surface area (Å²) in [6.45, 7) is 3.75. The van der Waals surface area contributed by atoms with Gasteiger partial charge in [0, 0.05) is 42.5 Å². The highest BCUT2D eigenvalue weighted by Gasteiger charge is 2.49. The molecule has 0 radical (unpaired) electrons. The Bertz CT molecular complexity index is 674. The van der Waals surface area contributed by atoms with Crippen molar-refractivity contribution in [2.24, 2.45) is 0 Å². The standard InChI is InChI=1S/C19H21FN2OS/c20-17-5-3-15(4-6-17)10-22-13-19(14-22)8-18(12-24-19)23-11-16-2-1-7-21-9-16/h1-7,9,18H,8,10-14H2/t18-/m0/s1. The topological polar surface area (TPSA) is 25.4 Å². The summed E-state index contributed by atoms with van der Waals surface area (Å²) in [6.07, 6.45) is 5.11. The summed E-state index contributed by atoms with van der Waals surface area (Å²) >= 11 is 2.05. The third kappa shape index (κ3) is 3.63. The fraction of sp³-hybridized carbons (Fsp3) is 0.421. The van der Waals surface area contributed by atoms with Crippen molar-refractivity contribution in [1.82, 2.24) is 9.88 Å². The van der Waals surface area contributed by atoms with Crippen LogP contribution in [0.4, 0.5) is 4.39 Å². The van der Waals surface area contributed by atoms with Crippen molar-refractivity contribution in [3.05, 3.63) is 65.7 Å². The highest BCUT2D eigenvalue weighted by Crippen LogP contribution is 2.46. The van der Waals surface area contributed by atoms with Gasteiger partial charge in [0.2, 0.25) is 0 Å². The van der Waals surface area contributed by atoms with Crippen LogP contribution in [0.5, 0.6) is 0 Å². The van der Waals surface area contributed by atoms with E-state index in [0.717, 1.165) is 37.4 Å². The quantitative estimate of drug-likeness (QED) is 0.829. The maximum Gasteiger partial charge on any atom is 0.123 e. The van der Waals surface area contributed by atoms with E-state index in [4.69, 9.17) is 4.74 Å². The van der Waals surface area contributed by atoms with Crippen molar-refractivity contribution in [2.45, 2.75) is 30.4 Å². The Hall–Kier alpha value is -1.43. The molecule has 3 nitrogen and oxygen atoms in total. The Kier molecular flexibility index (Phi) is 4.57. The van der Waals surface area contributed by atoms with E-state index in [1.165, 1.54) is 17.7 Å². The highest BCUT2D eigenvalue weighted by molar-refractivity contribution is 8.01. The van der Waals surface area contributed by atoms with Crippen molar-refractivity contribution in [2.75, 3.05) is 18.8 Å². The fourth-order valence-corrected chi connectivity index (χ4v) is 5.16. The van der Waals surface area contributed by atoms with E-state index in [2.05, 4.69) is 16.0 Å². The zero-order chi connectivity index (χ0) is 16.4. The van der Waals surface area contributed by atoms with Crippen LogP contribution in [0.1, 0.15) is 17.5 Å². The summed E-state index contributed by atoms with van der Waals surface area (Å²) < 4.78 is 19.4. The average molecular weight is 344 g/mol. The van der Waals surface area contributed by atoms with Crippen LogP contribution < -0.4 is 0 Å². The van der Waals surface area contributed by atoms with Crippen LogP contribution in [0.15, 0.2) is 48.8 Å². The first-order valence-electron chi connectivity index (χ1n) is 8.32. The molecule has 1 aromatic heterocycles. The lowest BCUT2D eigenvalue weighted by Crippen LogP contribution is -2.58. The van der Waals surface area contributed by atoms with Crippen LogP contribution in [0.25, 0.3) is 0 Å². The Morgan fingerprint density at radius 3 is 2.79 bits per heavy atom. The van der Waals surface area contributed by atoms with Crippen LogP contribution in [-0.2, 0) is 17.9 Å². The summed E-state index contributed by atoms with van der Waals surface area (Å²) in [5.41, 5.74) is 2.31. The predicted molar refractivity (Wildman–Crippen MR) is 94.3 cm³/mol. The lowest BCUT2D eigenvalue weighted by molar-refractivity contribution is 0.0263. The third-order valence-electron chi connectivity index (χ3n) is 4.73. The van der Waals surface area contributed by atoms with Gasteiger partial charge in [-0.05, 0) is 35.7 Å². The summed E-state index contributed by atoms with van der Waals surface area (Å²) in [7, 11) is 0. The van der Waals surface area contributed by atoms with Gasteiger partial charge in [-0.2, -0.15) is 0 Å². The number of likely N-dealkylation sites (tertiary alicyclic amines) is 1. The van der Waals surface area contributed by atoms with Crippen molar-refractivity contribution in [3.8, 4) is 0 Å². The van der Waals surface area contributed by atoms with Gasteiger partial charge in [-0.15, -0.1) is 11.8 Å². The van der Waals surface area contributed by atoms with Crippen LogP contribution in [0.3, 0.4) is 0 Å². The zero-order valence-corrected chi connectivity index (χ0v) is 14.3. The maximum atomic E-state index is 13.0. The minimum atomic E-state index is -0.168. The third-order valence-corrected chi connectivity index (χ3v) is 6.30. The van der Waals surface area contributed by atoms with Gasteiger partial charge >= 0.3 is 0 Å². The lowest BCUT2D eigenvalue weighted by Gasteiger charge is -2.47. The molecule has 2 fully saturated rings. The second kappa shape index (κ2) is 6.82. The van der Waals surface area contributed by atoms with Gasteiger partial charge in [-0.1, -0.05) is 18.2 Å². The number of thioether (sulfide) groups is 1. The molecule has 0 bridgehead atoms. The van der Waals surface area contributed by atoms with Gasteiger partial charge in [-0.25, -0.2) is 4.39 Å². The van der Waals surface area contributed by atoms with Crippen LogP contribution in [-0.4, -0.2) is 39.6 Å². The minimum absolute atomic E-state index is 0.168. The smallest absolute Gasteiger partial charge is 0.123 e. The maximum absolute atomic E-state index is 13.0. The van der Waals surface area contributed by atoms with Crippen molar-refractivity contribution in [1.29, 1.82) is 0 Å². The molecule has 2 saturated heterocycles. The highest BCUT2D eigenvalue weighted by atomic mass is 32.2. The molecule has 3 heterocycles. The fourth-order valence-electron chi connectivity index (χ4n) is 3.56. The first-order valence-corrected chi connectivity index (χ1v) is 9.31. The average Bonchev–Trinajstić information content (AvgIpc) is 3.00. The van der Waals surface area contributed by atoms with Crippen LogP contribution in [0, 0.1) is 5.82 Å². The van der Waals surface area contributed by atoms with Gasteiger partial charge < -0.3 is 4.74 Å². The second-order valence-electron chi connectivity index (χ2n) is 6.76. The minimum Gasteiger partial charge on any atom is -0.373 e. The molecule has 4 rings (SSSR count). The molecule has 2 aromatic rings. The monoisotopic (exact) mass is 344 g/mol. The molecular weight excluding hydrogens is 323 g/mol. The summed E-state index contributed by atoms with van der Waals surface area (Å²) in [5, 5.41) is 0. The zero-order valence-electron chi connectivity index (χ0n) is 13.5. The molecule has 0 unspecified atom stereocenters. The molecule has 1 atom stereocenters. The summed E-state index contributed by atoms with van der Waals surface area (Å²) in [6, 6.07) is 10.8. The van der Waals surface area contributed by atoms with E-state index in [0.29, 0.717) is 17.5 Å². The van der Waals surface area contributed by atoms with Gasteiger partial charge in [0.25, 0.3) is 0 Å². The van der Waals surface area contributed by atoms with Gasteiger partial charge in [0.05, 0.1) is 12.7 Å². The van der Waals surface area contributed by atoms with E-state index < -0.39 is 0 Å². The molecule has 126 valence electrons. The Labute approximate surface area is 146 Å². The molecule has 0 N–H and O–H groups in total. The number of aromatic nitrogens is 1. The molecule has 2 aliphatic heterocycles. The molecule has 24 heavy (non-hydrogen) atoms. The molecule has 0 amide bonds. The van der Waals surface area contributed by atoms with Gasteiger partial charge in [0.1, 0.15) is 5.82 Å². The van der Waals surface area contributed by atoms with E-state index in [-0.39, 0.29) is 5.82 Å². The summed E-state index contributed by atoms with van der Waals surface area (Å²) in [5.74, 6) is 0.906.